The highest BCUT2D eigenvalue weighted by Gasteiger charge is 2.13. The zero-order valence-corrected chi connectivity index (χ0v) is 12.3. The first-order valence-electron chi connectivity index (χ1n) is 6.08. The number of hydrogen-bond acceptors (Lipinski definition) is 2. The SMILES string of the molecule is Cc1cccc(C(=O)CBr)c1OCc1ccccc1. The van der Waals surface area contributed by atoms with Crippen molar-refractivity contribution in [3.63, 3.8) is 0 Å². The fourth-order valence-electron chi connectivity index (χ4n) is 1.87. The zero-order valence-electron chi connectivity index (χ0n) is 10.7. The van der Waals surface area contributed by atoms with E-state index in [9.17, 15) is 4.79 Å². The van der Waals surface area contributed by atoms with Crippen molar-refractivity contribution in [1.29, 1.82) is 0 Å². The molecule has 0 unspecified atom stereocenters. The third-order valence-corrected chi connectivity index (χ3v) is 3.37. The van der Waals surface area contributed by atoms with E-state index in [4.69, 9.17) is 4.74 Å². The average molecular weight is 319 g/mol. The van der Waals surface area contributed by atoms with E-state index in [1.165, 1.54) is 0 Å². The molecular weight excluding hydrogens is 304 g/mol. The predicted molar refractivity (Wildman–Crippen MR) is 80.1 cm³/mol. The number of ketones is 1. The Morgan fingerprint density at radius 2 is 1.84 bits per heavy atom. The van der Waals surface area contributed by atoms with Gasteiger partial charge in [-0.1, -0.05) is 58.4 Å². The summed E-state index contributed by atoms with van der Waals surface area (Å²) < 4.78 is 5.84. The van der Waals surface area contributed by atoms with Gasteiger partial charge in [-0.3, -0.25) is 4.79 Å². The van der Waals surface area contributed by atoms with E-state index in [1.807, 2.05) is 49.4 Å². The smallest absolute Gasteiger partial charge is 0.177 e. The van der Waals surface area contributed by atoms with Gasteiger partial charge >= 0.3 is 0 Å². The second-order valence-electron chi connectivity index (χ2n) is 4.28. The standard InChI is InChI=1S/C16H15BrO2/c1-12-6-5-9-14(15(18)10-17)16(12)19-11-13-7-3-2-4-8-13/h2-9H,10-11H2,1H3. The number of halogens is 1. The Labute approximate surface area is 121 Å². The molecule has 2 rings (SSSR count). The Bertz CT molecular complexity index is 564. The number of aryl methyl sites for hydroxylation is 1. The topological polar surface area (TPSA) is 26.3 Å². The van der Waals surface area contributed by atoms with Crippen molar-refractivity contribution in [1.82, 2.24) is 0 Å². The van der Waals surface area contributed by atoms with Crippen molar-refractivity contribution in [2.45, 2.75) is 13.5 Å². The van der Waals surface area contributed by atoms with Crippen LogP contribution in [-0.4, -0.2) is 11.1 Å². The van der Waals surface area contributed by atoms with E-state index in [0.717, 1.165) is 11.1 Å². The van der Waals surface area contributed by atoms with Crippen molar-refractivity contribution < 1.29 is 9.53 Å². The average Bonchev–Trinajstić information content (AvgIpc) is 2.46. The van der Waals surface area contributed by atoms with E-state index in [1.54, 1.807) is 6.07 Å². The summed E-state index contributed by atoms with van der Waals surface area (Å²) in [5.74, 6) is 0.711. The number of benzene rings is 2. The first-order valence-corrected chi connectivity index (χ1v) is 7.20. The minimum absolute atomic E-state index is 0.0340. The lowest BCUT2D eigenvalue weighted by molar-refractivity contribution is 0.101. The summed E-state index contributed by atoms with van der Waals surface area (Å²) in [5.41, 5.74) is 2.69. The molecule has 2 aromatic carbocycles. The van der Waals surface area contributed by atoms with Gasteiger partial charge in [-0.25, -0.2) is 0 Å². The summed E-state index contributed by atoms with van der Waals surface area (Å²) in [4.78, 5) is 11.9. The number of rotatable bonds is 5. The molecule has 0 amide bonds. The van der Waals surface area contributed by atoms with Gasteiger partial charge in [-0.2, -0.15) is 0 Å². The van der Waals surface area contributed by atoms with Crippen LogP contribution in [0.1, 0.15) is 21.5 Å². The van der Waals surface area contributed by atoms with Crippen LogP contribution in [0, 0.1) is 6.92 Å². The Morgan fingerprint density at radius 3 is 2.53 bits per heavy atom. The fraction of sp³-hybridized carbons (Fsp3) is 0.188. The largest absolute Gasteiger partial charge is 0.488 e. The van der Waals surface area contributed by atoms with Gasteiger partial charge in [-0.05, 0) is 24.1 Å². The van der Waals surface area contributed by atoms with Crippen LogP contribution in [-0.2, 0) is 6.61 Å². The maximum atomic E-state index is 11.9. The molecule has 19 heavy (non-hydrogen) atoms. The Kier molecular flexibility index (Phi) is 4.74. The lowest BCUT2D eigenvalue weighted by Crippen LogP contribution is -2.06. The molecule has 0 N–H and O–H groups in total. The Hall–Kier alpha value is -1.61. The van der Waals surface area contributed by atoms with Gasteiger partial charge in [0.05, 0.1) is 10.9 Å². The first kappa shape index (κ1) is 13.8. The van der Waals surface area contributed by atoms with Crippen molar-refractivity contribution in [2.24, 2.45) is 0 Å². The van der Waals surface area contributed by atoms with Crippen molar-refractivity contribution in [2.75, 3.05) is 5.33 Å². The third-order valence-electron chi connectivity index (χ3n) is 2.86. The van der Waals surface area contributed by atoms with Crippen LogP contribution in [0.5, 0.6) is 5.75 Å². The molecule has 2 aromatic rings. The van der Waals surface area contributed by atoms with Crippen LogP contribution in [0.2, 0.25) is 0 Å². The maximum Gasteiger partial charge on any atom is 0.177 e. The lowest BCUT2D eigenvalue weighted by atomic mass is 10.1. The number of alkyl halides is 1. The molecule has 2 nitrogen and oxygen atoms in total. The summed E-state index contributed by atoms with van der Waals surface area (Å²) in [7, 11) is 0. The van der Waals surface area contributed by atoms with E-state index < -0.39 is 0 Å². The van der Waals surface area contributed by atoms with Crippen LogP contribution in [0.4, 0.5) is 0 Å². The minimum Gasteiger partial charge on any atom is -0.488 e. The number of hydrogen-bond donors (Lipinski definition) is 0. The van der Waals surface area contributed by atoms with Gasteiger partial charge in [0.1, 0.15) is 12.4 Å². The highest BCUT2D eigenvalue weighted by Crippen LogP contribution is 2.25. The molecular formula is C16H15BrO2. The highest BCUT2D eigenvalue weighted by atomic mass is 79.9. The van der Waals surface area contributed by atoms with Crippen LogP contribution in [0.25, 0.3) is 0 Å². The highest BCUT2D eigenvalue weighted by molar-refractivity contribution is 9.09. The van der Waals surface area contributed by atoms with Crippen LogP contribution >= 0.6 is 15.9 Å². The zero-order chi connectivity index (χ0) is 13.7. The van der Waals surface area contributed by atoms with Gasteiger partial charge in [-0.15, -0.1) is 0 Å². The third kappa shape index (κ3) is 3.44. The quantitative estimate of drug-likeness (QED) is 0.611. The van der Waals surface area contributed by atoms with Crippen molar-refractivity contribution >= 4 is 21.7 Å². The number of carbonyl (C=O) groups excluding carboxylic acids is 1. The number of ether oxygens (including phenoxy) is 1. The molecule has 0 heterocycles. The molecule has 0 aliphatic rings. The number of carbonyl (C=O) groups is 1. The molecule has 0 saturated heterocycles. The second kappa shape index (κ2) is 6.53. The molecule has 0 aliphatic carbocycles. The summed E-state index contributed by atoms with van der Waals surface area (Å²) in [6.45, 7) is 2.42. The summed E-state index contributed by atoms with van der Waals surface area (Å²) >= 11 is 3.20. The van der Waals surface area contributed by atoms with Gasteiger partial charge in [0.15, 0.2) is 5.78 Å². The lowest BCUT2D eigenvalue weighted by Gasteiger charge is -2.13. The van der Waals surface area contributed by atoms with Gasteiger partial charge in [0, 0.05) is 0 Å². The molecule has 0 fully saturated rings. The molecule has 98 valence electrons. The maximum absolute atomic E-state index is 11.9. The number of Topliss-reactive ketones (excluding diaryl/α,β-unsaturated/α-hetero) is 1. The molecule has 0 bridgehead atoms. The summed E-state index contributed by atoms with van der Waals surface area (Å²) in [5, 5.41) is 0.304. The molecule has 0 saturated carbocycles. The van der Waals surface area contributed by atoms with Gasteiger partial charge < -0.3 is 4.74 Å². The van der Waals surface area contributed by atoms with Gasteiger partial charge in [0.2, 0.25) is 0 Å². The summed E-state index contributed by atoms with van der Waals surface area (Å²) in [6, 6.07) is 15.6. The van der Waals surface area contributed by atoms with Crippen molar-refractivity contribution in [3.05, 3.63) is 65.2 Å². The molecule has 3 heteroatoms. The van der Waals surface area contributed by atoms with E-state index >= 15 is 0 Å². The monoisotopic (exact) mass is 318 g/mol. The number of para-hydroxylation sites is 1. The van der Waals surface area contributed by atoms with E-state index in [0.29, 0.717) is 23.2 Å². The van der Waals surface area contributed by atoms with E-state index in [2.05, 4.69) is 15.9 Å². The van der Waals surface area contributed by atoms with Crippen LogP contribution in [0.15, 0.2) is 48.5 Å². The fourth-order valence-corrected chi connectivity index (χ4v) is 2.17. The minimum atomic E-state index is 0.0340. The van der Waals surface area contributed by atoms with E-state index in [-0.39, 0.29) is 5.78 Å². The summed E-state index contributed by atoms with van der Waals surface area (Å²) in [6.07, 6.45) is 0. The molecule has 0 atom stereocenters. The molecule has 0 aliphatic heterocycles. The van der Waals surface area contributed by atoms with Crippen molar-refractivity contribution in [3.8, 4) is 5.75 Å². The second-order valence-corrected chi connectivity index (χ2v) is 4.84. The van der Waals surface area contributed by atoms with Gasteiger partial charge in [0.25, 0.3) is 0 Å². The van der Waals surface area contributed by atoms with Crippen LogP contribution < -0.4 is 4.74 Å². The predicted octanol–water partition coefficient (Wildman–Crippen LogP) is 4.15. The Balaban J connectivity index is 2.22. The van der Waals surface area contributed by atoms with Crippen LogP contribution in [0.3, 0.4) is 0 Å². The normalized spacial score (nSPS) is 10.2. The molecule has 0 spiro atoms. The molecule has 0 aromatic heterocycles. The molecule has 0 radical (unpaired) electrons. The Morgan fingerprint density at radius 1 is 1.11 bits per heavy atom. The first-order chi connectivity index (χ1) is 9.22.